The summed E-state index contributed by atoms with van der Waals surface area (Å²) in [5, 5.41) is 41.8. The lowest BCUT2D eigenvalue weighted by atomic mass is 9.94. The first kappa shape index (κ1) is 60.4. The van der Waals surface area contributed by atoms with Crippen molar-refractivity contribution < 1.29 is 68.1 Å². The molecule has 3 saturated heterocycles. The molecule has 0 aromatic heterocycles. The lowest BCUT2D eigenvalue weighted by Crippen LogP contribution is -2.61. The lowest BCUT2D eigenvalue weighted by molar-refractivity contribution is -0.150. The van der Waals surface area contributed by atoms with E-state index >= 15 is 0 Å². The van der Waals surface area contributed by atoms with Crippen molar-refractivity contribution in [3.63, 3.8) is 0 Å². The van der Waals surface area contributed by atoms with Gasteiger partial charge in [-0.05, 0) is 102 Å². The molecule has 406 valence electrons. The summed E-state index contributed by atoms with van der Waals surface area (Å²) in [6, 6.07) is -11.3. The Morgan fingerprint density at radius 3 is 1.43 bits per heavy atom. The number of likely N-dealkylation sites (tertiary alicyclic amines) is 3. The minimum atomic E-state index is -1.67. The number of carbonyl (C=O) groups is 11. The molecule has 72 heavy (non-hydrogen) atoms. The summed E-state index contributed by atoms with van der Waals surface area (Å²) < 4.78 is 0. The molecule has 3 fully saturated rings. The third kappa shape index (κ3) is 17.1. The zero-order chi connectivity index (χ0) is 53.8. The number of unbranched alkanes of at least 4 members (excludes halogenated alkanes) is 2. The summed E-state index contributed by atoms with van der Waals surface area (Å²) in [6.07, 6.45) is 3.03. The van der Waals surface area contributed by atoms with Crippen molar-refractivity contribution in [2.24, 2.45) is 29.0 Å². The third-order valence-corrected chi connectivity index (χ3v) is 13.9. The number of hydrogen-bond donors (Lipinski definition) is 11. The van der Waals surface area contributed by atoms with Crippen LogP contribution in [0.1, 0.15) is 130 Å². The van der Waals surface area contributed by atoms with E-state index in [0.717, 1.165) is 0 Å². The summed E-state index contributed by atoms with van der Waals surface area (Å²) in [6.45, 7) is 7.85. The summed E-state index contributed by atoms with van der Waals surface area (Å²) in [7, 11) is 0. The van der Waals surface area contributed by atoms with E-state index in [0.29, 0.717) is 64.3 Å². The largest absolute Gasteiger partial charge is 0.481 e. The minimum Gasteiger partial charge on any atom is -0.481 e. The normalized spacial score (nSPS) is 21.0. The van der Waals surface area contributed by atoms with Gasteiger partial charge in [-0.3, -0.25) is 47.9 Å². The monoisotopic (exact) mass is 1020 g/mol. The molecule has 3 heterocycles. The molecule has 0 radical (unpaired) electrons. The van der Waals surface area contributed by atoms with Gasteiger partial charge < -0.3 is 73.8 Å². The molecular formula is C47H79N11O14. The molecule has 0 saturated carbocycles. The van der Waals surface area contributed by atoms with Gasteiger partial charge in [-0.15, -0.1) is 0 Å². The first-order valence-electron chi connectivity index (χ1n) is 25.4. The summed E-state index contributed by atoms with van der Waals surface area (Å²) >= 11 is 0. The van der Waals surface area contributed by atoms with Crippen LogP contribution in [0.4, 0.5) is 0 Å². The van der Waals surface area contributed by atoms with E-state index in [-0.39, 0.29) is 58.3 Å². The van der Waals surface area contributed by atoms with Crippen LogP contribution in [0.2, 0.25) is 0 Å². The maximum atomic E-state index is 14.5. The number of hydrogen-bond acceptors (Lipinski definition) is 14. The second kappa shape index (κ2) is 29.5. The van der Waals surface area contributed by atoms with Crippen molar-refractivity contribution in [2.45, 2.75) is 185 Å². The standard InChI is InChI=1S/C47H79N11O14/c1-5-26(3)37(55-43(67)38(27(4)6-2)54-39(63)28(50)24-35(59)60)42(66)51-29(14-7-9-19-48)44(68)56-21-11-16-32(56)41(65)53-31(25-36(61)62)45(69)58-23-13-18-34(58)46(70)57-22-12-17-33(57)40(64)52-30(47(71)72)15-8-10-20-49/h26-34,37-38H,5-25,48-50H2,1-4H3,(H,51,66)(H,52,64)(H,53,65)(H,54,63)(H,55,67)(H,59,60)(H,61,62)(H,71,72). The first-order chi connectivity index (χ1) is 34.1. The Morgan fingerprint density at radius 1 is 0.528 bits per heavy atom. The predicted molar refractivity (Wildman–Crippen MR) is 259 cm³/mol. The molecular weight excluding hydrogens is 943 g/mol. The topological polar surface area (TPSA) is 396 Å². The van der Waals surface area contributed by atoms with Crippen LogP contribution in [-0.4, -0.2) is 182 Å². The van der Waals surface area contributed by atoms with E-state index < -0.39 is 144 Å². The van der Waals surface area contributed by atoms with Gasteiger partial charge >= 0.3 is 17.9 Å². The number of carboxylic acids is 3. The highest BCUT2D eigenvalue weighted by Crippen LogP contribution is 2.27. The fourth-order valence-corrected chi connectivity index (χ4v) is 9.35. The Morgan fingerprint density at radius 2 is 0.944 bits per heavy atom. The van der Waals surface area contributed by atoms with Gasteiger partial charge in [-0.25, -0.2) is 4.79 Å². The molecule has 3 rings (SSSR count). The van der Waals surface area contributed by atoms with Gasteiger partial charge in [0.15, 0.2) is 0 Å². The van der Waals surface area contributed by atoms with E-state index in [1.807, 2.05) is 0 Å². The van der Waals surface area contributed by atoms with Crippen molar-refractivity contribution >= 4 is 65.2 Å². The smallest absolute Gasteiger partial charge is 0.326 e. The Bertz CT molecular complexity index is 1940. The fraction of sp³-hybridized carbons (Fsp3) is 0.766. The average molecular weight is 1020 g/mol. The molecule has 3 aliphatic rings. The Kier molecular flexibility index (Phi) is 24.8. The summed E-state index contributed by atoms with van der Waals surface area (Å²) in [5.41, 5.74) is 17.1. The summed E-state index contributed by atoms with van der Waals surface area (Å²) in [4.78, 5) is 150. The lowest BCUT2D eigenvalue weighted by Gasteiger charge is -2.34. The van der Waals surface area contributed by atoms with Crippen LogP contribution in [0.25, 0.3) is 0 Å². The number of carboxylic acid groups (broad SMARTS) is 3. The Labute approximate surface area is 420 Å². The number of aliphatic carboxylic acids is 3. The molecule has 0 bridgehead atoms. The highest BCUT2D eigenvalue weighted by Gasteiger charge is 2.46. The average Bonchev–Trinajstić information content (AvgIpc) is 4.15. The van der Waals surface area contributed by atoms with Crippen LogP contribution in [0, 0.1) is 11.8 Å². The van der Waals surface area contributed by atoms with Gasteiger partial charge in [-0.1, -0.05) is 40.5 Å². The highest BCUT2D eigenvalue weighted by molar-refractivity contribution is 5.99. The van der Waals surface area contributed by atoms with Crippen molar-refractivity contribution in [3.8, 4) is 0 Å². The third-order valence-electron chi connectivity index (χ3n) is 13.9. The minimum absolute atomic E-state index is 0.0400. The second-order valence-electron chi connectivity index (χ2n) is 19.2. The SMILES string of the molecule is CCC(C)C(NC(=O)C(N)CC(=O)O)C(=O)NC(C(=O)NC(CCCCN)C(=O)N1CCCC1C(=O)NC(CC(=O)O)C(=O)N1CCCC1C(=O)N1CCCC1C(=O)NC(CCCCN)C(=O)O)C(C)CC. The van der Waals surface area contributed by atoms with E-state index in [2.05, 4.69) is 26.6 Å². The predicted octanol–water partition coefficient (Wildman–Crippen LogP) is -1.91. The van der Waals surface area contributed by atoms with Crippen LogP contribution in [-0.2, 0) is 52.7 Å². The van der Waals surface area contributed by atoms with Crippen LogP contribution in [0.5, 0.6) is 0 Å². The number of amides is 8. The fourth-order valence-electron chi connectivity index (χ4n) is 9.35. The molecule has 11 unspecified atom stereocenters. The molecule has 25 heteroatoms. The van der Waals surface area contributed by atoms with E-state index in [4.69, 9.17) is 22.3 Å². The Balaban J connectivity index is 1.81. The molecule has 3 aliphatic heterocycles. The van der Waals surface area contributed by atoms with E-state index in [1.54, 1.807) is 27.7 Å². The number of nitrogens with zero attached hydrogens (tertiary/aromatic N) is 3. The van der Waals surface area contributed by atoms with Gasteiger partial charge in [-0.2, -0.15) is 0 Å². The van der Waals surface area contributed by atoms with Gasteiger partial charge in [0, 0.05) is 19.6 Å². The quantitative estimate of drug-likeness (QED) is 0.0350. The van der Waals surface area contributed by atoms with Crippen LogP contribution < -0.4 is 43.8 Å². The summed E-state index contributed by atoms with van der Waals surface area (Å²) in [5.74, 6) is -10.8. The molecule has 0 aliphatic carbocycles. The molecule has 11 atom stereocenters. The Hall–Kier alpha value is -5.95. The number of nitrogens with two attached hydrogens (primary N) is 3. The second-order valence-corrected chi connectivity index (χ2v) is 19.2. The molecule has 14 N–H and O–H groups in total. The van der Waals surface area contributed by atoms with E-state index in [9.17, 15) is 63.0 Å². The molecule has 8 amide bonds. The van der Waals surface area contributed by atoms with Crippen LogP contribution >= 0.6 is 0 Å². The van der Waals surface area contributed by atoms with Crippen molar-refractivity contribution in [1.29, 1.82) is 0 Å². The highest BCUT2D eigenvalue weighted by atomic mass is 16.4. The van der Waals surface area contributed by atoms with Gasteiger partial charge in [0.05, 0.1) is 18.9 Å². The van der Waals surface area contributed by atoms with Gasteiger partial charge in [0.2, 0.25) is 47.3 Å². The molecule has 0 aromatic rings. The zero-order valence-corrected chi connectivity index (χ0v) is 42.1. The van der Waals surface area contributed by atoms with Crippen LogP contribution in [0.3, 0.4) is 0 Å². The van der Waals surface area contributed by atoms with E-state index in [1.165, 1.54) is 14.7 Å². The van der Waals surface area contributed by atoms with Gasteiger partial charge in [0.1, 0.15) is 48.3 Å². The van der Waals surface area contributed by atoms with Crippen molar-refractivity contribution in [1.82, 2.24) is 41.3 Å². The van der Waals surface area contributed by atoms with Gasteiger partial charge in [0.25, 0.3) is 0 Å². The van der Waals surface area contributed by atoms with Crippen molar-refractivity contribution in [2.75, 3.05) is 32.7 Å². The molecule has 0 spiro atoms. The number of rotatable bonds is 30. The maximum Gasteiger partial charge on any atom is 0.326 e. The van der Waals surface area contributed by atoms with Crippen LogP contribution in [0.15, 0.2) is 0 Å². The first-order valence-corrected chi connectivity index (χ1v) is 25.4. The van der Waals surface area contributed by atoms with Crippen molar-refractivity contribution in [3.05, 3.63) is 0 Å². The number of carbonyl (C=O) groups excluding carboxylic acids is 8. The molecule has 25 nitrogen and oxygen atoms in total. The molecule has 0 aromatic carbocycles. The number of nitrogens with one attached hydrogen (secondary N) is 5. The zero-order valence-electron chi connectivity index (χ0n) is 42.1. The maximum absolute atomic E-state index is 14.5.